The molecule has 0 fully saturated rings. The second-order valence-electron chi connectivity index (χ2n) is 9.14. The van der Waals surface area contributed by atoms with Gasteiger partial charge in [0.25, 0.3) is 11.5 Å². The molecule has 11 heteroatoms. The molecule has 0 bridgehead atoms. The third-order valence-corrected chi connectivity index (χ3v) is 4.87. The van der Waals surface area contributed by atoms with Crippen LogP contribution in [0.3, 0.4) is 0 Å². The van der Waals surface area contributed by atoms with Crippen molar-refractivity contribution in [3.8, 4) is 0 Å². The summed E-state index contributed by atoms with van der Waals surface area (Å²) >= 11 is 0. The number of ether oxygens (including phenoxy) is 1. The highest BCUT2D eigenvalue weighted by Gasteiger charge is 2.16. The summed E-state index contributed by atoms with van der Waals surface area (Å²) in [6.45, 7) is 8.65. The van der Waals surface area contributed by atoms with Crippen LogP contribution in [0.1, 0.15) is 55.4 Å². The number of anilines is 1. The first-order valence-electron chi connectivity index (χ1n) is 11.4. The van der Waals surface area contributed by atoms with Crippen LogP contribution in [0.2, 0.25) is 0 Å². The van der Waals surface area contributed by atoms with Crippen LogP contribution < -0.4 is 16.2 Å². The Morgan fingerprint density at radius 3 is 2.57 bits per heavy atom. The highest BCUT2D eigenvalue weighted by molar-refractivity contribution is 5.91. The smallest absolute Gasteiger partial charge is 0.412 e. The van der Waals surface area contributed by atoms with Crippen molar-refractivity contribution in [1.29, 1.82) is 0 Å². The molecule has 186 valence electrons. The molecule has 0 aromatic carbocycles. The minimum Gasteiger partial charge on any atom is -0.444 e. The van der Waals surface area contributed by atoms with E-state index in [1.54, 1.807) is 54.7 Å². The molecule has 0 aliphatic carbocycles. The van der Waals surface area contributed by atoms with E-state index in [4.69, 9.17) is 4.74 Å². The highest BCUT2D eigenvalue weighted by Crippen LogP contribution is 2.10. The molecule has 0 aliphatic rings. The largest absolute Gasteiger partial charge is 0.444 e. The number of hydrogen-bond acceptors (Lipinski definition) is 7. The molecule has 0 spiro atoms. The Hall–Kier alpha value is -4.02. The Bertz CT molecular complexity index is 1210. The van der Waals surface area contributed by atoms with Crippen LogP contribution in [0.25, 0.3) is 0 Å². The lowest BCUT2D eigenvalue weighted by Gasteiger charge is -2.19. The summed E-state index contributed by atoms with van der Waals surface area (Å²) in [5.74, 6) is -0.302. The van der Waals surface area contributed by atoms with Crippen LogP contribution in [0.4, 0.5) is 10.5 Å². The quantitative estimate of drug-likeness (QED) is 0.449. The number of aryl methyl sites for hydroxylation is 3. The predicted molar refractivity (Wildman–Crippen MR) is 130 cm³/mol. The van der Waals surface area contributed by atoms with Gasteiger partial charge in [-0.25, -0.2) is 4.79 Å². The van der Waals surface area contributed by atoms with Crippen LogP contribution in [-0.2, 0) is 24.4 Å². The zero-order valence-corrected chi connectivity index (χ0v) is 20.4. The fourth-order valence-electron chi connectivity index (χ4n) is 3.14. The molecule has 3 aromatic heterocycles. The maximum atomic E-state index is 12.3. The fraction of sp³-hybridized carbons (Fsp3) is 0.417. The molecule has 3 aromatic rings. The lowest BCUT2D eigenvalue weighted by atomic mass is 10.2. The molecular weight excluding hydrogens is 450 g/mol. The molecule has 0 saturated carbocycles. The van der Waals surface area contributed by atoms with Gasteiger partial charge in [0.2, 0.25) is 0 Å². The van der Waals surface area contributed by atoms with Crippen LogP contribution in [0.5, 0.6) is 0 Å². The molecular formula is C24H31N7O4. The average molecular weight is 482 g/mol. The van der Waals surface area contributed by atoms with E-state index in [0.29, 0.717) is 25.3 Å². The van der Waals surface area contributed by atoms with Crippen molar-refractivity contribution in [3.05, 3.63) is 70.2 Å². The topological polar surface area (TPSA) is 133 Å². The van der Waals surface area contributed by atoms with Gasteiger partial charge in [0.05, 0.1) is 11.9 Å². The van der Waals surface area contributed by atoms with E-state index in [2.05, 4.69) is 25.9 Å². The number of aromatic nitrogens is 5. The van der Waals surface area contributed by atoms with Gasteiger partial charge in [-0.15, -0.1) is 5.10 Å². The van der Waals surface area contributed by atoms with E-state index in [1.165, 1.54) is 6.07 Å². The second kappa shape index (κ2) is 11.4. The van der Waals surface area contributed by atoms with Gasteiger partial charge < -0.3 is 14.6 Å². The van der Waals surface area contributed by atoms with Gasteiger partial charge in [-0.2, -0.15) is 0 Å². The molecule has 35 heavy (non-hydrogen) atoms. The summed E-state index contributed by atoms with van der Waals surface area (Å²) in [4.78, 5) is 40.7. The number of nitrogens with one attached hydrogen (secondary N) is 2. The van der Waals surface area contributed by atoms with Gasteiger partial charge in [-0.1, -0.05) is 11.3 Å². The number of nitrogens with zero attached hydrogens (tertiary/aromatic N) is 5. The average Bonchev–Trinajstić information content (AvgIpc) is 3.25. The minimum atomic E-state index is -0.618. The van der Waals surface area contributed by atoms with Gasteiger partial charge in [-0.05, 0) is 58.2 Å². The Balaban J connectivity index is 1.41. The zero-order valence-electron chi connectivity index (χ0n) is 20.4. The van der Waals surface area contributed by atoms with Crippen LogP contribution >= 0.6 is 0 Å². The Morgan fingerprint density at radius 2 is 1.89 bits per heavy atom. The molecule has 11 nitrogen and oxygen atoms in total. The Labute approximate surface area is 203 Å². The van der Waals surface area contributed by atoms with E-state index in [1.807, 2.05) is 19.1 Å². The van der Waals surface area contributed by atoms with Gasteiger partial charge in [0.1, 0.15) is 5.60 Å². The third kappa shape index (κ3) is 8.36. The van der Waals surface area contributed by atoms with Gasteiger partial charge in [0, 0.05) is 43.8 Å². The predicted octanol–water partition coefficient (Wildman–Crippen LogP) is 2.90. The van der Waals surface area contributed by atoms with E-state index in [-0.39, 0.29) is 17.2 Å². The maximum absolute atomic E-state index is 12.3. The fourth-order valence-corrected chi connectivity index (χ4v) is 3.14. The van der Waals surface area contributed by atoms with Crippen molar-refractivity contribution in [2.45, 2.75) is 65.8 Å². The lowest BCUT2D eigenvalue weighted by Crippen LogP contribution is -2.28. The number of carbonyl (C=O) groups is 2. The number of amides is 2. The number of pyridine rings is 2. The first-order valence-corrected chi connectivity index (χ1v) is 11.4. The van der Waals surface area contributed by atoms with Crippen LogP contribution in [0, 0.1) is 6.92 Å². The standard InChI is InChI=1S/C24H31N7O4/c1-17-7-8-18(14-25-17)15-26-22(33)20-16-31(29-28-20)11-6-5-10-30-12-9-19(13-21(30)32)27-23(34)35-24(2,3)4/h7-9,12-14,16H,5-6,10-11,15H2,1-4H3,(H,26,33)(H,27,34). The first-order chi connectivity index (χ1) is 16.6. The van der Waals surface area contributed by atoms with Crippen LogP contribution in [-0.4, -0.2) is 42.1 Å². The van der Waals surface area contributed by atoms with E-state index in [9.17, 15) is 14.4 Å². The summed E-state index contributed by atoms with van der Waals surface area (Å²) in [5, 5.41) is 13.3. The van der Waals surface area contributed by atoms with E-state index < -0.39 is 11.7 Å². The number of hydrogen-bond donors (Lipinski definition) is 2. The summed E-state index contributed by atoms with van der Waals surface area (Å²) in [7, 11) is 0. The SMILES string of the molecule is Cc1ccc(CNC(=O)c2cn(CCCCn3ccc(NC(=O)OC(C)(C)C)cc3=O)nn2)cn1. The summed E-state index contributed by atoms with van der Waals surface area (Å²) in [6, 6.07) is 6.82. The minimum absolute atomic E-state index is 0.220. The maximum Gasteiger partial charge on any atom is 0.412 e. The summed E-state index contributed by atoms with van der Waals surface area (Å²) < 4.78 is 8.37. The lowest BCUT2D eigenvalue weighted by molar-refractivity contribution is 0.0635. The van der Waals surface area contributed by atoms with Crippen molar-refractivity contribution in [3.63, 3.8) is 0 Å². The molecule has 0 atom stereocenters. The Kier molecular flexibility index (Phi) is 8.34. The van der Waals surface area contributed by atoms with Crippen LogP contribution in [0.15, 0.2) is 47.7 Å². The molecule has 0 unspecified atom stereocenters. The molecule has 3 rings (SSSR count). The van der Waals surface area contributed by atoms with E-state index >= 15 is 0 Å². The van der Waals surface area contributed by atoms with Crippen molar-refractivity contribution in [2.75, 3.05) is 5.32 Å². The normalized spacial score (nSPS) is 11.2. The Morgan fingerprint density at radius 1 is 1.11 bits per heavy atom. The highest BCUT2D eigenvalue weighted by atomic mass is 16.6. The monoisotopic (exact) mass is 481 g/mol. The molecule has 0 saturated heterocycles. The van der Waals surface area contributed by atoms with Gasteiger partial charge >= 0.3 is 6.09 Å². The number of unbranched alkanes of at least 4 members (excludes halogenated alkanes) is 1. The first kappa shape index (κ1) is 25.6. The molecule has 0 aliphatic heterocycles. The van der Waals surface area contributed by atoms with Crippen molar-refractivity contribution in [2.24, 2.45) is 0 Å². The number of rotatable bonds is 9. The van der Waals surface area contributed by atoms with E-state index in [0.717, 1.165) is 24.1 Å². The summed E-state index contributed by atoms with van der Waals surface area (Å²) in [6.07, 6.45) is 5.82. The summed E-state index contributed by atoms with van der Waals surface area (Å²) in [5.41, 5.74) is 1.61. The molecule has 2 amide bonds. The number of carbonyl (C=O) groups excluding carboxylic acids is 2. The van der Waals surface area contributed by atoms with Gasteiger partial charge in [-0.3, -0.25) is 24.6 Å². The third-order valence-electron chi connectivity index (χ3n) is 4.87. The second-order valence-corrected chi connectivity index (χ2v) is 9.14. The molecule has 3 heterocycles. The van der Waals surface area contributed by atoms with Crippen molar-refractivity contribution in [1.82, 2.24) is 29.9 Å². The molecule has 2 N–H and O–H groups in total. The van der Waals surface area contributed by atoms with Gasteiger partial charge in [0.15, 0.2) is 5.69 Å². The van der Waals surface area contributed by atoms with Crippen molar-refractivity contribution >= 4 is 17.7 Å². The zero-order chi connectivity index (χ0) is 25.4. The molecule has 0 radical (unpaired) electrons. The van der Waals surface area contributed by atoms with Crippen molar-refractivity contribution < 1.29 is 14.3 Å².